The van der Waals surface area contributed by atoms with Gasteiger partial charge < -0.3 is 20.1 Å². The lowest BCUT2D eigenvalue weighted by Crippen LogP contribution is -2.26. The fraction of sp³-hybridized carbons (Fsp3) is 0.333. The average molecular weight is 321 g/mol. The summed E-state index contributed by atoms with van der Waals surface area (Å²) in [6, 6.07) is 5.72. The van der Waals surface area contributed by atoms with Gasteiger partial charge in [0.2, 0.25) is 0 Å². The zero-order valence-electron chi connectivity index (χ0n) is 12.8. The Morgan fingerprint density at radius 3 is 2.68 bits per heavy atom. The highest BCUT2D eigenvalue weighted by Crippen LogP contribution is 2.27. The highest BCUT2D eigenvalue weighted by molar-refractivity contribution is 7.13. The summed E-state index contributed by atoms with van der Waals surface area (Å²) < 4.78 is 10.5. The number of nitrogens with zero attached hydrogens (tertiary/aromatic N) is 1. The number of carbonyl (C=O) groups is 1. The van der Waals surface area contributed by atoms with E-state index in [1.807, 2.05) is 18.2 Å². The summed E-state index contributed by atoms with van der Waals surface area (Å²) in [7, 11) is 4.98. The fourth-order valence-corrected chi connectivity index (χ4v) is 2.59. The minimum atomic E-state index is -0.168. The minimum absolute atomic E-state index is 0.168. The summed E-state index contributed by atoms with van der Waals surface area (Å²) in [5.74, 6) is 1.21. The van der Waals surface area contributed by atoms with E-state index in [4.69, 9.17) is 9.47 Å². The molecule has 0 radical (unpaired) electrons. The lowest BCUT2D eigenvalue weighted by molar-refractivity contribution is 0.0950. The zero-order chi connectivity index (χ0) is 15.9. The predicted molar refractivity (Wildman–Crippen MR) is 87.2 cm³/mol. The topological polar surface area (TPSA) is 72.5 Å². The number of rotatable bonds is 7. The summed E-state index contributed by atoms with van der Waals surface area (Å²) in [5.41, 5.74) is 1.49. The molecule has 0 saturated heterocycles. The van der Waals surface area contributed by atoms with Crippen molar-refractivity contribution in [1.82, 2.24) is 10.3 Å². The van der Waals surface area contributed by atoms with Gasteiger partial charge in [-0.25, -0.2) is 4.98 Å². The Balaban J connectivity index is 1.89. The van der Waals surface area contributed by atoms with E-state index in [1.54, 1.807) is 26.6 Å². The highest BCUT2D eigenvalue weighted by Gasteiger charge is 2.10. The number of anilines is 1. The molecule has 7 heteroatoms. The van der Waals surface area contributed by atoms with Crippen LogP contribution in [0.15, 0.2) is 23.6 Å². The normalized spacial score (nSPS) is 10.1. The molecule has 0 spiro atoms. The fourth-order valence-electron chi connectivity index (χ4n) is 1.94. The van der Waals surface area contributed by atoms with Crippen LogP contribution in [0.25, 0.3) is 0 Å². The quantitative estimate of drug-likeness (QED) is 0.818. The Kier molecular flexibility index (Phi) is 5.60. The highest BCUT2D eigenvalue weighted by atomic mass is 32.1. The van der Waals surface area contributed by atoms with E-state index >= 15 is 0 Å². The Morgan fingerprint density at radius 1 is 1.27 bits per heavy atom. The first-order valence-electron chi connectivity index (χ1n) is 6.80. The van der Waals surface area contributed by atoms with Crippen molar-refractivity contribution >= 4 is 22.4 Å². The molecule has 22 heavy (non-hydrogen) atoms. The monoisotopic (exact) mass is 321 g/mol. The predicted octanol–water partition coefficient (Wildman–Crippen LogP) is 2.17. The number of carbonyl (C=O) groups excluding carboxylic acids is 1. The first-order chi connectivity index (χ1) is 10.7. The molecule has 118 valence electrons. The van der Waals surface area contributed by atoms with Crippen LogP contribution in [-0.4, -0.2) is 38.7 Å². The van der Waals surface area contributed by atoms with E-state index in [2.05, 4.69) is 15.6 Å². The molecule has 0 atom stereocenters. The van der Waals surface area contributed by atoms with E-state index < -0.39 is 0 Å². The van der Waals surface area contributed by atoms with Gasteiger partial charge in [-0.15, -0.1) is 11.3 Å². The molecular weight excluding hydrogens is 302 g/mol. The summed E-state index contributed by atoms with van der Waals surface area (Å²) in [6.07, 6.45) is 0.703. The number of aromatic nitrogens is 1. The summed E-state index contributed by atoms with van der Waals surface area (Å²) in [4.78, 5) is 16.1. The number of nitrogens with one attached hydrogen (secondary N) is 2. The lowest BCUT2D eigenvalue weighted by Gasteiger charge is -2.09. The summed E-state index contributed by atoms with van der Waals surface area (Å²) >= 11 is 1.40. The average Bonchev–Trinajstić information content (AvgIpc) is 3.03. The molecule has 0 saturated carbocycles. The molecule has 2 N–H and O–H groups in total. The van der Waals surface area contributed by atoms with Crippen LogP contribution in [-0.2, 0) is 6.42 Å². The van der Waals surface area contributed by atoms with Crippen LogP contribution >= 0.6 is 11.3 Å². The van der Waals surface area contributed by atoms with Crippen molar-refractivity contribution < 1.29 is 14.3 Å². The third-order valence-corrected chi connectivity index (χ3v) is 3.96. The maximum atomic E-state index is 11.9. The van der Waals surface area contributed by atoms with Gasteiger partial charge in [-0.1, -0.05) is 6.07 Å². The van der Waals surface area contributed by atoms with Crippen molar-refractivity contribution in [2.75, 3.05) is 33.1 Å². The van der Waals surface area contributed by atoms with Gasteiger partial charge in [0.15, 0.2) is 16.6 Å². The molecular formula is C15H19N3O3S. The number of amides is 1. The Hall–Kier alpha value is -2.28. The Labute approximate surface area is 133 Å². The van der Waals surface area contributed by atoms with E-state index in [9.17, 15) is 4.79 Å². The smallest absolute Gasteiger partial charge is 0.270 e. The second-order valence-electron chi connectivity index (χ2n) is 4.48. The Morgan fingerprint density at radius 2 is 2.05 bits per heavy atom. The van der Waals surface area contributed by atoms with Crippen LogP contribution in [0.1, 0.15) is 16.1 Å². The van der Waals surface area contributed by atoms with Crippen molar-refractivity contribution in [3.05, 3.63) is 34.8 Å². The van der Waals surface area contributed by atoms with E-state index in [0.717, 1.165) is 10.7 Å². The molecule has 2 rings (SSSR count). The molecule has 1 heterocycles. The van der Waals surface area contributed by atoms with Crippen LogP contribution in [0.2, 0.25) is 0 Å². The molecule has 0 aliphatic rings. The second kappa shape index (κ2) is 7.65. The molecule has 1 amide bonds. The van der Waals surface area contributed by atoms with Crippen molar-refractivity contribution in [1.29, 1.82) is 0 Å². The maximum absolute atomic E-state index is 11.9. The third-order valence-electron chi connectivity index (χ3n) is 3.10. The molecule has 1 aromatic heterocycles. The van der Waals surface area contributed by atoms with Gasteiger partial charge in [0.1, 0.15) is 5.69 Å². The van der Waals surface area contributed by atoms with Crippen LogP contribution in [0.3, 0.4) is 0 Å². The van der Waals surface area contributed by atoms with Gasteiger partial charge >= 0.3 is 0 Å². The number of hydrogen-bond acceptors (Lipinski definition) is 6. The van der Waals surface area contributed by atoms with Gasteiger partial charge in [0.25, 0.3) is 5.91 Å². The van der Waals surface area contributed by atoms with Gasteiger partial charge in [-0.3, -0.25) is 4.79 Å². The van der Waals surface area contributed by atoms with E-state index in [0.29, 0.717) is 30.2 Å². The van der Waals surface area contributed by atoms with Gasteiger partial charge in [0, 0.05) is 19.0 Å². The second-order valence-corrected chi connectivity index (χ2v) is 5.34. The molecule has 0 bridgehead atoms. The van der Waals surface area contributed by atoms with Gasteiger partial charge in [-0.2, -0.15) is 0 Å². The zero-order valence-corrected chi connectivity index (χ0v) is 13.6. The number of hydrogen-bond donors (Lipinski definition) is 2. The van der Waals surface area contributed by atoms with Crippen LogP contribution < -0.4 is 20.1 Å². The van der Waals surface area contributed by atoms with E-state index in [-0.39, 0.29) is 5.91 Å². The van der Waals surface area contributed by atoms with Gasteiger partial charge in [-0.05, 0) is 24.1 Å². The van der Waals surface area contributed by atoms with Crippen molar-refractivity contribution in [3.8, 4) is 11.5 Å². The summed E-state index contributed by atoms with van der Waals surface area (Å²) in [6.45, 7) is 0.529. The van der Waals surface area contributed by atoms with Crippen molar-refractivity contribution in [2.24, 2.45) is 0 Å². The molecule has 0 unspecified atom stereocenters. The number of methoxy groups -OCH3 is 2. The van der Waals surface area contributed by atoms with Crippen LogP contribution in [0.5, 0.6) is 11.5 Å². The standard InChI is InChI=1S/C15H19N3O3S/c1-16-15-18-11(9-22-15)14(19)17-7-6-10-4-5-12(20-2)13(8-10)21-3/h4-5,8-9H,6-7H2,1-3H3,(H,16,18)(H,17,19). The molecule has 0 fully saturated rings. The molecule has 0 aliphatic heterocycles. The maximum Gasteiger partial charge on any atom is 0.270 e. The van der Waals surface area contributed by atoms with Gasteiger partial charge in [0.05, 0.1) is 14.2 Å². The molecule has 2 aromatic rings. The minimum Gasteiger partial charge on any atom is -0.493 e. The Bertz CT molecular complexity index is 643. The molecule has 0 aliphatic carbocycles. The van der Waals surface area contributed by atoms with Crippen molar-refractivity contribution in [2.45, 2.75) is 6.42 Å². The summed E-state index contributed by atoms with van der Waals surface area (Å²) in [5, 5.41) is 8.23. The largest absolute Gasteiger partial charge is 0.493 e. The van der Waals surface area contributed by atoms with Crippen LogP contribution in [0.4, 0.5) is 5.13 Å². The number of ether oxygens (including phenoxy) is 2. The first-order valence-corrected chi connectivity index (χ1v) is 7.68. The number of benzene rings is 1. The third kappa shape index (κ3) is 3.88. The molecule has 1 aromatic carbocycles. The SMILES string of the molecule is CNc1nc(C(=O)NCCc2ccc(OC)c(OC)c2)cs1. The molecule has 6 nitrogen and oxygen atoms in total. The first kappa shape index (κ1) is 16.1. The number of thiazole rings is 1. The van der Waals surface area contributed by atoms with E-state index in [1.165, 1.54) is 11.3 Å². The lowest BCUT2D eigenvalue weighted by atomic mass is 10.1. The van der Waals surface area contributed by atoms with Crippen LogP contribution in [0, 0.1) is 0 Å². The van der Waals surface area contributed by atoms with Crippen molar-refractivity contribution in [3.63, 3.8) is 0 Å².